The summed E-state index contributed by atoms with van der Waals surface area (Å²) in [6.07, 6.45) is 3.03. The molecule has 2 saturated heterocycles. The Morgan fingerprint density at radius 2 is 1.75 bits per heavy atom. The lowest BCUT2D eigenvalue weighted by molar-refractivity contribution is -0.136. The number of fused-ring (bicyclic) bond motifs is 1. The third-order valence-corrected chi connectivity index (χ3v) is 6.81. The van der Waals surface area contributed by atoms with Crippen LogP contribution in [0.25, 0.3) is 0 Å². The summed E-state index contributed by atoms with van der Waals surface area (Å²) in [6.45, 7) is 3.24. The Morgan fingerprint density at radius 1 is 0.969 bits per heavy atom. The maximum atomic E-state index is 12.8. The highest BCUT2D eigenvalue weighted by atomic mass is 16.2. The van der Waals surface area contributed by atoms with Crippen molar-refractivity contribution >= 4 is 23.4 Å². The van der Waals surface area contributed by atoms with Gasteiger partial charge in [0.05, 0.1) is 0 Å². The summed E-state index contributed by atoms with van der Waals surface area (Å²) in [5.74, 6) is -0.140. The highest BCUT2D eigenvalue weighted by Crippen LogP contribution is 2.29. The molecule has 166 valence electrons. The van der Waals surface area contributed by atoms with Crippen LogP contribution >= 0.6 is 0 Å². The molecule has 32 heavy (non-hydrogen) atoms. The lowest BCUT2D eigenvalue weighted by atomic mass is 9.90. The number of nitrogens with zero attached hydrogens (tertiary/aromatic N) is 1. The van der Waals surface area contributed by atoms with Gasteiger partial charge in [-0.1, -0.05) is 24.3 Å². The Kier molecular flexibility index (Phi) is 5.66. The molecule has 7 nitrogen and oxygen atoms in total. The minimum absolute atomic E-state index is 0.137. The fourth-order valence-electron chi connectivity index (χ4n) is 4.97. The summed E-state index contributed by atoms with van der Waals surface area (Å²) in [5.41, 5.74) is 5.14. The third-order valence-electron chi connectivity index (χ3n) is 6.81. The second-order valence-electron chi connectivity index (χ2n) is 8.89. The number of rotatable bonds is 5. The largest absolute Gasteiger partial charge is 0.381 e. The summed E-state index contributed by atoms with van der Waals surface area (Å²) in [7, 11) is 0. The summed E-state index contributed by atoms with van der Waals surface area (Å²) < 4.78 is 0. The normalized spacial score (nSPS) is 21.4. The van der Waals surface area contributed by atoms with Crippen LogP contribution in [0.1, 0.15) is 58.6 Å². The van der Waals surface area contributed by atoms with Gasteiger partial charge in [0.1, 0.15) is 6.04 Å². The van der Waals surface area contributed by atoms with Crippen LogP contribution < -0.4 is 16.0 Å². The van der Waals surface area contributed by atoms with Crippen molar-refractivity contribution in [2.45, 2.75) is 50.7 Å². The van der Waals surface area contributed by atoms with Crippen LogP contribution in [0.4, 0.5) is 5.69 Å². The van der Waals surface area contributed by atoms with Crippen molar-refractivity contribution in [3.8, 4) is 0 Å². The predicted molar refractivity (Wildman–Crippen MR) is 121 cm³/mol. The molecule has 3 heterocycles. The molecule has 2 fully saturated rings. The van der Waals surface area contributed by atoms with Gasteiger partial charge in [-0.2, -0.15) is 0 Å². The van der Waals surface area contributed by atoms with Gasteiger partial charge in [0.2, 0.25) is 11.8 Å². The van der Waals surface area contributed by atoms with Crippen LogP contribution in [0.2, 0.25) is 0 Å². The van der Waals surface area contributed by atoms with E-state index in [4.69, 9.17) is 0 Å². The number of hydrogen-bond acceptors (Lipinski definition) is 5. The van der Waals surface area contributed by atoms with E-state index in [9.17, 15) is 14.4 Å². The Bertz CT molecular complexity index is 1040. The van der Waals surface area contributed by atoms with Crippen LogP contribution in [0, 0.1) is 0 Å². The van der Waals surface area contributed by atoms with E-state index < -0.39 is 6.04 Å². The Hall–Kier alpha value is -3.19. The molecular formula is C25H28N4O3. The Balaban J connectivity index is 1.22. The maximum Gasteiger partial charge on any atom is 0.255 e. The molecular weight excluding hydrogens is 404 g/mol. The topological polar surface area (TPSA) is 90.5 Å². The minimum atomic E-state index is -0.576. The van der Waals surface area contributed by atoms with E-state index in [0.29, 0.717) is 31.0 Å². The monoisotopic (exact) mass is 432 g/mol. The second kappa shape index (κ2) is 8.74. The summed E-state index contributed by atoms with van der Waals surface area (Å²) in [6, 6.07) is 14.0. The molecule has 2 aromatic rings. The van der Waals surface area contributed by atoms with Crippen molar-refractivity contribution < 1.29 is 14.4 Å². The van der Waals surface area contributed by atoms with Gasteiger partial charge in [-0.05, 0) is 73.2 Å². The van der Waals surface area contributed by atoms with E-state index in [2.05, 4.69) is 40.2 Å². The first kappa shape index (κ1) is 20.7. The van der Waals surface area contributed by atoms with E-state index in [-0.39, 0.29) is 24.1 Å². The number of anilines is 1. The number of carbonyl (C=O) groups excluding carboxylic acids is 3. The molecule has 3 N–H and O–H groups in total. The van der Waals surface area contributed by atoms with Gasteiger partial charge in [0.15, 0.2) is 0 Å². The molecule has 0 bridgehead atoms. The van der Waals surface area contributed by atoms with E-state index in [1.807, 2.05) is 18.2 Å². The summed E-state index contributed by atoms with van der Waals surface area (Å²) in [5, 5.41) is 9.22. The van der Waals surface area contributed by atoms with Gasteiger partial charge in [0, 0.05) is 30.8 Å². The van der Waals surface area contributed by atoms with E-state index >= 15 is 0 Å². The van der Waals surface area contributed by atoms with Gasteiger partial charge >= 0.3 is 0 Å². The van der Waals surface area contributed by atoms with Gasteiger partial charge in [-0.15, -0.1) is 0 Å². The number of amides is 3. The molecule has 2 aromatic carbocycles. The first-order chi connectivity index (χ1) is 15.6. The van der Waals surface area contributed by atoms with Crippen molar-refractivity contribution in [2.24, 2.45) is 0 Å². The fraction of sp³-hybridized carbons (Fsp3) is 0.400. The van der Waals surface area contributed by atoms with Gasteiger partial charge in [-0.3, -0.25) is 19.7 Å². The van der Waals surface area contributed by atoms with Crippen molar-refractivity contribution in [1.29, 1.82) is 0 Å². The quantitative estimate of drug-likeness (QED) is 0.632. The Labute approximate surface area is 187 Å². The fourth-order valence-corrected chi connectivity index (χ4v) is 4.97. The number of hydrogen-bond donors (Lipinski definition) is 3. The van der Waals surface area contributed by atoms with E-state index in [1.165, 1.54) is 18.4 Å². The lowest BCUT2D eigenvalue weighted by Gasteiger charge is -2.29. The van der Waals surface area contributed by atoms with Crippen LogP contribution in [0.5, 0.6) is 0 Å². The number of benzene rings is 2. The van der Waals surface area contributed by atoms with Crippen LogP contribution in [-0.2, 0) is 22.7 Å². The molecule has 0 aliphatic carbocycles. The zero-order valence-electron chi connectivity index (χ0n) is 18.0. The second-order valence-corrected chi connectivity index (χ2v) is 8.89. The SMILES string of the molecule is O=C1CCC(N2Cc3cc(CNc4ccc(C5CCNCC5)cc4)ccc3C2=O)C(=O)N1. The van der Waals surface area contributed by atoms with Gasteiger partial charge in [-0.25, -0.2) is 0 Å². The van der Waals surface area contributed by atoms with Crippen LogP contribution in [-0.4, -0.2) is 41.8 Å². The lowest BCUT2D eigenvalue weighted by Crippen LogP contribution is -2.52. The molecule has 7 heteroatoms. The first-order valence-electron chi connectivity index (χ1n) is 11.4. The molecule has 5 rings (SSSR count). The Morgan fingerprint density at radius 3 is 2.50 bits per heavy atom. The average molecular weight is 433 g/mol. The minimum Gasteiger partial charge on any atom is -0.381 e. The molecule has 0 saturated carbocycles. The van der Waals surface area contributed by atoms with Crippen LogP contribution in [0.3, 0.4) is 0 Å². The van der Waals surface area contributed by atoms with E-state index in [1.54, 1.807) is 4.90 Å². The van der Waals surface area contributed by atoms with E-state index in [0.717, 1.165) is 29.9 Å². The average Bonchev–Trinajstić information content (AvgIpc) is 3.14. The standard InChI is InChI=1S/C25H28N4O3/c30-23-8-7-22(24(31)28-23)29-15-19-13-16(1-6-21(19)25(29)32)14-27-20-4-2-17(3-5-20)18-9-11-26-12-10-18/h1-6,13,18,22,26-27H,7-12,14-15H2,(H,28,30,31). The molecule has 0 aromatic heterocycles. The van der Waals surface area contributed by atoms with Gasteiger partial charge < -0.3 is 15.5 Å². The molecule has 1 atom stereocenters. The van der Waals surface area contributed by atoms with Crippen molar-refractivity contribution in [2.75, 3.05) is 18.4 Å². The number of carbonyl (C=O) groups is 3. The molecule has 0 radical (unpaired) electrons. The highest BCUT2D eigenvalue weighted by Gasteiger charge is 2.39. The van der Waals surface area contributed by atoms with Gasteiger partial charge in [0.25, 0.3) is 5.91 Å². The molecule has 3 aliphatic rings. The summed E-state index contributed by atoms with van der Waals surface area (Å²) >= 11 is 0. The maximum absolute atomic E-state index is 12.8. The van der Waals surface area contributed by atoms with Crippen molar-refractivity contribution in [3.05, 3.63) is 64.7 Å². The number of piperidine rings is 2. The molecule has 3 amide bonds. The number of imide groups is 1. The third kappa shape index (κ3) is 4.12. The number of nitrogens with one attached hydrogen (secondary N) is 3. The first-order valence-corrected chi connectivity index (χ1v) is 11.4. The van der Waals surface area contributed by atoms with Crippen molar-refractivity contribution in [3.63, 3.8) is 0 Å². The predicted octanol–water partition coefficient (Wildman–Crippen LogP) is 2.53. The zero-order valence-corrected chi connectivity index (χ0v) is 18.0. The van der Waals surface area contributed by atoms with Crippen molar-refractivity contribution in [1.82, 2.24) is 15.5 Å². The smallest absolute Gasteiger partial charge is 0.255 e. The molecule has 1 unspecified atom stereocenters. The molecule has 3 aliphatic heterocycles. The highest BCUT2D eigenvalue weighted by molar-refractivity contribution is 6.05. The molecule has 0 spiro atoms. The zero-order chi connectivity index (χ0) is 22.1. The summed E-state index contributed by atoms with van der Waals surface area (Å²) in [4.78, 5) is 38.0. The van der Waals surface area contributed by atoms with Crippen LogP contribution in [0.15, 0.2) is 42.5 Å².